The molecule has 0 unspecified atom stereocenters. The van der Waals surface area contributed by atoms with E-state index in [-0.39, 0.29) is 33.8 Å². The maximum atomic E-state index is 13.3. The van der Waals surface area contributed by atoms with Crippen molar-refractivity contribution in [2.45, 2.75) is 48.7 Å². The minimum absolute atomic E-state index is 0.00728. The Bertz CT molecular complexity index is 1470. The highest BCUT2D eigenvalue weighted by Crippen LogP contribution is 2.43. The molecule has 1 aromatic heterocycles. The zero-order chi connectivity index (χ0) is 30.3. The Labute approximate surface area is 236 Å². The van der Waals surface area contributed by atoms with Gasteiger partial charge in [0.25, 0.3) is 0 Å². The highest BCUT2D eigenvalue weighted by atomic mass is 16.7. The number of aliphatic hydroxyl groups excluding tert-OH is 5. The number of aromatic hydroxyl groups is 2. The zero-order valence-electron chi connectivity index (χ0n) is 22.1. The average molecular weight is 595 g/mol. The van der Waals surface area contributed by atoms with E-state index < -0.39 is 79.7 Å². The number of ether oxygens (including phenoxy) is 5. The number of methoxy groups -OCH3 is 1. The van der Waals surface area contributed by atoms with Crippen molar-refractivity contribution < 1.29 is 69.0 Å². The summed E-state index contributed by atoms with van der Waals surface area (Å²) in [4.78, 5) is 13.3. The van der Waals surface area contributed by atoms with Gasteiger partial charge in [-0.05, 0) is 17.7 Å². The topological polar surface area (TPSA) is 238 Å². The van der Waals surface area contributed by atoms with Crippen LogP contribution in [0.3, 0.4) is 0 Å². The standard InChI is InChI=1S/C27H30O15/c1-37-23-15(6-14-17(20(23)32)18(30)13(7-38-14)11-2-4-12(29)5-3-11)41-25-22(34)21(33)19(31)16(42-25)8-39-26-24(35)27(36,9-28)10-40-26/h2-7,16,19,21-22,24-26,28-29,31-36H,8-10H2,1H3/t16-,19-,21+,22-,24+,25-,26+,27-/m1/s1. The molecule has 2 aliphatic heterocycles. The molecule has 0 bridgehead atoms. The lowest BCUT2D eigenvalue weighted by Gasteiger charge is -2.40. The summed E-state index contributed by atoms with van der Waals surface area (Å²) >= 11 is 0. The number of fused-ring (bicyclic) bond motifs is 1. The van der Waals surface area contributed by atoms with E-state index >= 15 is 0 Å². The maximum absolute atomic E-state index is 13.3. The molecule has 15 nitrogen and oxygen atoms in total. The first-order valence-electron chi connectivity index (χ1n) is 12.7. The van der Waals surface area contributed by atoms with Crippen LogP contribution in [0, 0.1) is 0 Å². The third-order valence-corrected chi connectivity index (χ3v) is 7.26. The molecule has 0 spiro atoms. The summed E-state index contributed by atoms with van der Waals surface area (Å²) in [6.45, 7) is -1.73. The number of phenols is 2. The summed E-state index contributed by atoms with van der Waals surface area (Å²) in [7, 11) is 1.19. The molecule has 2 aliphatic rings. The predicted molar refractivity (Wildman–Crippen MR) is 139 cm³/mol. The van der Waals surface area contributed by atoms with E-state index in [0.717, 1.165) is 6.26 Å². The van der Waals surface area contributed by atoms with Gasteiger partial charge < -0.3 is 69.0 Å². The van der Waals surface area contributed by atoms with Crippen molar-refractivity contribution in [3.05, 3.63) is 46.8 Å². The van der Waals surface area contributed by atoms with E-state index in [9.17, 15) is 45.6 Å². The fourth-order valence-corrected chi connectivity index (χ4v) is 4.75. The third kappa shape index (κ3) is 5.26. The lowest BCUT2D eigenvalue weighted by atomic mass is 9.99. The minimum Gasteiger partial charge on any atom is -0.508 e. The summed E-state index contributed by atoms with van der Waals surface area (Å²) in [6.07, 6.45) is -10.2. The number of phenolic OH excluding ortho intramolecular Hbond substituents is 2. The van der Waals surface area contributed by atoms with Gasteiger partial charge in [0, 0.05) is 6.07 Å². The Morgan fingerprint density at radius 3 is 2.38 bits per heavy atom. The Kier molecular flexibility index (Phi) is 8.30. The van der Waals surface area contributed by atoms with Gasteiger partial charge in [-0.25, -0.2) is 0 Å². The molecule has 3 heterocycles. The molecule has 2 aromatic carbocycles. The fraction of sp³-hybridized carbons (Fsp3) is 0.444. The summed E-state index contributed by atoms with van der Waals surface area (Å²) in [5, 5.41) is 81.3. The van der Waals surface area contributed by atoms with Gasteiger partial charge >= 0.3 is 0 Å². The van der Waals surface area contributed by atoms with Crippen LogP contribution in [0.15, 0.2) is 45.8 Å². The van der Waals surface area contributed by atoms with Gasteiger partial charge in [-0.15, -0.1) is 0 Å². The van der Waals surface area contributed by atoms with Crippen LogP contribution in [0.25, 0.3) is 22.1 Å². The molecule has 15 heteroatoms. The number of benzene rings is 2. The van der Waals surface area contributed by atoms with Crippen LogP contribution in [0.5, 0.6) is 23.0 Å². The Morgan fingerprint density at radius 2 is 1.74 bits per heavy atom. The molecule has 0 saturated carbocycles. The average Bonchev–Trinajstić information content (AvgIpc) is 3.27. The number of hydrogen-bond acceptors (Lipinski definition) is 15. The second-order valence-corrected chi connectivity index (χ2v) is 10.0. The molecule has 0 radical (unpaired) electrons. The number of aliphatic hydroxyl groups is 6. The zero-order valence-corrected chi connectivity index (χ0v) is 22.1. The SMILES string of the molecule is COc1c(O[C@@H]2O[C@H](CO[C@H]3OC[C@](O)(CO)[C@H]3O)[C@@H](O)[C@H](O)[C@H]2O)cc2occ(-c3ccc(O)cc3)c(=O)c2c1O. The van der Waals surface area contributed by atoms with Crippen molar-refractivity contribution in [2.24, 2.45) is 0 Å². The second kappa shape index (κ2) is 11.6. The summed E-state index contributed by atoms with van der Waals surface area (Å²) < 4.78 is 32.7. The summed E-state index contributed by atoms with van der Waals surface area (Å²) in [5.41, 5.74) is -2.18. The predicted octanol–water partition coefficient (Wildman–Crippen LogP) is -1.48. The van der Waals surface area contributed by atoms with Crippen molar-refractivity contribution in [3.63, 3.8) is 0 Å². The van der Waals surface area contributed by atoms with Gasteiger partial charge in [-0.3, -0.25) is 4.79 Å². The molecule has 0 amide bonds. The molecule has 2 saturated heterocycles. The van der Waals surface area contributed by atoms with E-state index in [1.165, 1.54) is 37.4 Å². The molecule has 3 aromatic rings. The number of rotatable bonds is 8. The quantitative estimate of drug-likeness (QED) is 0.148. The minimum atomic E-state index is -1.95. The van der Waals surface area contributed by atoms with Crippen molar-refractivity contribution in [3.8, 4) is 34.1 Å². The van der Waals surface area contributed by atoms with Gasteiger partial charge in [-0.1, -0.05) is 12.1 Å². The molecule has 2 fully saturated rings. The lowest BCUT2D eigenvalue weighted by Crippen LogP contribution is -2.60. The van der Waals surface area contributed by atoms with Crippen molar-refractivity contribution in [1.82, 2.24) is 0 Å². The number of hydrogen-bond donors (Lipinski definition) is 8. The molecule has 5 rings (SSSR count). The van der Waals surface area contributed by atoms with Gasteiger partial charge in [-0.2, -0.15) is 0 Å². The fourth-order valence-electron chi connectivity index (χ4n) is 4.75. The Morgan fingerprint density at radius 1 is 1.02 bits per heavy atom. The van der Waals surface area contributed by atoms with Gasteiger partial charge in [0.1, 0.15) is 59.1 Å². The van der Waals surface area contributed by atoms with Crippen LogP contribution in [0.2, 0.25) is 0 Å². The van der Waals surface area contributed by atoms with Crippen LogP contribution in [-0.2, 0) is 14.2 Å². The van der Waals surface area contributed by atoms with E-state index in [0.29, 0.717) is 5.56 Å². The molecule has 0 aliphatic carbocycles. The largest absolute Gasteiger partial charge is 0.508 e. The van der Waals surface area contributed by atoms with Crippen molar-refractivity contribution in [1.29, 1.82) is 0 Å². The van der Waals surface area contributed by atoms with E-state index in [1.54, 1.807) is 0 Å². The molecular weight excluding hydrogens is 564 g/mol. The molecule has 8 atom stereocenters. The van der Waals surface area contributed by atoms with E-state index in [1.807, 2.05) is 0 Å². The van der Waals surface area contributed by atoms with Gasteiger partial charge in [0.15, 0.2) is 17.8 Å². The Hall–Kier alpha value is -3.51. The molecule has 8 N–H and O–H groups in total. The van der Waals surface area contributed by atoms with Crippen LogP contribution >= 0.6 is 0 Å². The van der Waals surface area contributed by atoms with Gasteiger partial charge in [0.2, 0.25) is 17.5 Å². The van der Waals surface area contributed by atoms with Crippen LogP contribution in [0.4, 0.5) is 0 Å². The molecule has 228 valence electrons. The Balaban J connectivity index is 1.40. The van der Waals surface area contributed by atoms with Crippen LogP contribution < -0.4 is 14.9 Å². The van der Waals surface area contributed by atoms with Crippen LogP contribution in [-0.4, -0.2) is 116 Å². The monoisotopic (exact) mass is 594 g/mol. The lowest BCUT2D eigenvalue weighted by molar-refractivity contribution is -0.289. The smallest absolute Gasteiger partial charge is 0.229 e. The normalized spacial score (nSPS) is 31.4. The first-order chi connectivity index (χ1) is 20.0. The third-order valence-electron chi connectivity index (χ3n) is 7.26. The molecular formula is C27H30O15. The van der Waals surface area contributed by atoms with Crippen LogP contribution in [0.1, 0.15) is 0 Å². The van der Waals surface area contributed by atoms with Crippen molar-refractivity contribution in [2.75, 3.05) is 26.9 Å². The highest BCUT2D eigenvalue weighted by molar-refractivity contribution is 5.91. The first-order valence-corrected chi connectivity index (χ1v) is 12.7. The summed E-state index contributed by atoms with van der Waals surface area (Å²) in [5.74, 6) is -1.23. The first kappa shape index (κ1) is 30.0. The molecule has 42 heavy (non-hydrogen) atoms. The summed E-state index contributed by atoms with van der Waals surface area (Å²) in [6, 6.07) is 6.95. The van der Waals surface area contributed by atoms with Gasteiger partial charge in [0.05, 0.1) is 32.5 Å². The highest BCUT2D eigenvalue weighted by Gasteiger charge is 2.50. The second-order valence-electron chi connectivity index (χ2n) is 10.0. The maximum Gasteiger partial charge on any atom is 0.229 e. The van der Waals surface area contributed by atoms with Crippen molar-refractivity contribution >= 4 is 11.0 Å². The van der Waals surface area contributed by atoms with E-state index in [2.05, 4.69) is 0 Å². The van der Waals surface area contributed by atoms with E-state index in [4.69, 9.17) is 28.1 Å².